The van der Waals surface area contributed by atoms with Crippen LogP contribution in [0.3, 0.4) is 0 Å². The average Bonchev–Trinajstić information content (AvgIpc) is 2.19. The molecule has 1 rings (SSSR count). The summed E-state index contributed by atoms with van der Waals surface area (Å²) in [6.45, 7) is 0.855. The van der Waals surface area contributed by atoms with Crippen LogP contribution in [-0.2, 0) is 19.4 Å². The van der Waals surface area contributed by atoms with E-state index in [1.165, 1.54) is 12.1 Å². The first-order valence-electron chi connectivity index (χ1n) is 3.79. The van der Waals surface area contributed by atoms with Gasteiger partial charge < -0.3 is 4.74 Å². The van der Waals surface area contributed by atoms with Gasteiger partial charge in [-0.25, -0.2) is 13.2 Å². The number of ether oxygens (including phenoxy) is 1. The molecule has 2 radical (unpaired) electrons. The number of carbonyl (C=O) groups excluding carboxylic acids is 1. The molecule has 0 heterocycles. The molecular weight excluding hydrogens is 204 g/mol. The van der Waals surface area contributed by atoms with Gasteiger partial charge in [0.05, 0.1) is 4.90 Å². The maximum Gasteiger partial charge on any atom is 0.417 e. The minimum atomic E-state index is -3.46. The Morgan fingerprint density at radius 2 is 1.93 bits per heavy atom. The molecule has 0 saturated heterocycles. The average molecular weight is 212 g/mol. The van der Waals surface area contributed by atoms with Gasteiger partial charge in [-0.15, -0.1) is 0 Å². The molecule has 0 amide bonds. The third-order valence-electron chi connectivity index (χ3n) is 1.50. The smallest absolute Gasteiger partial charge is 0.417 e. The second-order valence-electron chi connectivity index (χ2n) is 2.42. The van der Waals surface area contributed by atoms with Crippen molar-refractivity contribution in [3.63, 3.8) is 0 Å². The van der Waals surface area contributed by atoms with Gasteiger partial charge in [0, 0.05) is 0 Å². The summed E-state index contributed by atoms with van der Waals surface area (Å²) in [5, 5.41) is 0. The molecule has 0 aliphatic heterocycles. The van der Waals surface area contributed by atoms with Gasteiger partial charge in [0.15, 0.2) is 9.84 Å². The highest BCUT2D eigenvalue weighted by atomic mass is 32.2. The van der Waals surface area contributed by atoms with E-state index in [4.69, 9.17) is 0 Å². The first-order chi connectivity index (χ1) is 6.67. The van der Waals surface area contributed by atoms with Crippen LogP contribution < -0.4 is 0 Å². The van der Waals surface area contributed by atoms with Gasteiger partial charge in [0.2, 0.25) is 0 Å². The second-order valence-corrected chi connectivity index (χ2v) is 4.31. The Balaban J connectivity index is 2.72. The molecule has 0 saturated carbocycles. The van der Waals surface area contributed by atoms with Gasteiger partial charge in [0.1, 0.15) is 12.4 Å². The lowest BCUT2D eigenvalue weighted by Gasteiger charge is -2.01. The minimum Gasteiger partial charge on any atom is -0.456 e. The van der Waals surface area contributed by atoms with Crippen molar-refractivity contribution >= 4 is 16.3 Å². The molecule has 74 valence electrons. The molecule has 0 aromatic heterocycles. The number of sulfone groups is 1. The third kappa shape index (κ3) is 2.85. The fourth-order valence-corrected chi connectivity index (χ4v) is 1.84. The van der Waals surface area contributed by atoms with Gasteiger partial charge in [0.25, 0.3) is 0 Å². The Morgan fingerprint density at radius 1 is 1.29 bits per heavy atom. The van der Waals surface area contributed by atoms with Crippen molar-refractivity contribution in [3.8, 4) is 0 Å². The highest BCUT2D eigenvalue weighted by Gasteiger charge is 2.13. The quantitative estimate of drug-likeness (QED) is 0.674. The van der Waals surface area contributed by atoms with Crippen LogP contribution in [-0.4, -0.2) is 21.5 Å². The molecule has 4 nitrogen and oxygen atoms in total. The molecule has 0 bridgehead atoms. The number of hydrogen-bond acceptors (Lipinski definition) is 4. The van der Waals surface area contributed by atoms with Crippen LogP contribution in [0.2, 0.25) is 0 Å². The fourth-order valence-electron chi connectivity index (χ4n) is 0.864. The van der Waals surface area contributed by atoms with Crippen LogP contribution in [0, 0.1) is 5.75 Å². The van der Waals surface area contributed by atoms with E-state index in [2.05, 4.69) is 4.74 Å². The van der Waals surface area contributed by atoms with Crippen molar-refractivity contribution in [2.24, 2.45) is 0 Å². The molecule has 14 heavy (non-hydrogen) atoms. The van der Waals surface area contributed by atoms with Gasteiger partial charge in [-0.2, -0.15) is 0 Å². The summed E-state index contributed by atoms with van der Waals surface area (Å²) < 4.78 is 27.0. The van der Waals surface area contributed by atoms with Crippen molar-refractivity contribution < 1.29 is 17.9 Å². The van der Waals surface area contributed by atoms with E-state index in [1.54, 1.807) is 18.2 Å². The van der Waals surface area contributed by atoms with E-state index in [-0.39, 0.29) is 11.5 Å². The van der Waals surface area contributed by atoms with Crippen LogP contribution >= 0.6 is 0 Å². The van der Waals surface area contributed by atoms with Crippen LogP contribution in [0.1, 0.15) is 0 Å². The molecule has 0 aliphatic rings. The molecule has 0 atom stereocenters. The largest absolute Gasteiger partial charge is 0.456 e. The molecule has 0 N–H and O–H groups in total. The first kappa shape index (κ1) is 10.7. The summed E-state index contributed by atoms with van der Waals surface area (Å²) in [6.07, 6.45) is 0. The molecule has 0 aliphatic carbocycles. The van der Waals surface area contributed by atoms with E-state index < -0.39 is 9.84 Å². The maximum absolute atomic E-state index is 11.4. The molecule has 0 unspecified atom stereocenters. The maximum atomic E-state index is 11.4. The predicted molar refractivity (Wildman–Crippen MR) is 49.6 cm³/mol. The Labute approximate surface area is 82.4 Å². The Hall–Kier alpha value is -1.36. The van der Waals surface area contributed by atoms with E-state index in [0.717, 1.165) is 12.2 Å². The third-order valence-corrected chi connectivity index (χ3v) is 3.01. The van der Waals surface area contributed by atoms with Crippen LogP contribution in [0.15, 0.2) is 35.2 Å². The summed E-state index contributed by atoms with van der Waals surface area (Å²) in [5.74, 6) is 0.924. The van der Waals surface area contributed by atoms with Crippen LogP contribution in [0.4, 0.5) is 0 Å². The molecule has 1 aromatic rings. The Bertz CT molecular complexity index is 383. The summed E-state index contributed by atoms with van der Waals surface area (Å²) >= 11 is 0. The van der Waals surface area contributed by atoms with E-state index in [1.807, 2.05) is 0 Å². The molecule has 0 fully saturated rings. The lowest BCUT2D eigenvalue weighted by molar-refractivity contribution is 0.308. The van der Waals surface area contributed by atoms with Crippen molar-refractivity contribution in [1.82, 2.24) is 0 Å². The van der Waals surface area contributed by atoms with E-state index in [9.17, 15) is 13.2 Å². The summed E-state index contributed by atoms with van der Waals surface area (Å²) in [7, 11) is -3.46. The van der Waals surface area contributed by atoms with E-state index in [0.29, 0.717) is 0 Å². The first-order valence-corrected chi connectivity index (χ1v) is 5.34. The summed E-state index contributed by atoms with van der Waals surface area (Å²) in [4.78, 5) is 9.84. The molecule has 0 spiro atoms. The number of benzene rings is 1. The normalized spacial score (nSPS) is 10.9. The van der Waals surface area contributed by atoms with Crippen LogP contribution in [0.5, 0.6) is 0 Å². The standard InChI is InChI=1S/C9H8O4S/c10-8-13-6-7-14(11,12)9-4-2-1-3-5-9/h1-5,7H,6H2. The Kier molecular flexibility index (Phi) is 3.64. The van der Waals surface area contributed by atoms with Gasteiger partial charge in [-0.3, -0.25) is 0 Å². The van der Waals surface area contributed by atoms with Crippen LogP contribution in [0.25, 0.3) is 0 Å². The fraction of sp³-hybridized carbons (Fsp3) is 0.111. The topological polar surface area (TPSA) is 60.4 Å². The van der Waals surface area contributed by atoms with E-state index >= 15 is 0 Å². The number of rotatable bonds is 5. The highest BCUT2D eigenvalue weighted by Crippen LogP contribution is 2.12. The zero-order valence-electron chi connectivity index (χ0n) is 7.21. The lowest BCUT2D eigenvalue weighted by atomic mass is 10.4. The van der Waals surface area contributed by atoms with Gasteiger partial charge >= 0.3 is 6.47 Å². The molecular formula is C9H8O4S. The molecule has 1 aromatic carbocycles. The van der Waals surface area contributed by atoms with Crippen molar-refractivity contribution in [3.05, 3.63) is 36.1 Å². The summed E-state index contributed by atoms with van der Waals surface area (Å²) in [6, 6.07) is 7.89. The second kappa shape index (κ2) is 4.76. The predicted octanol–water partition coefficient (Wildman–Crippen LogP) is 0.706. The monoisotopic (exact) mass is 212 g/mol. The van der Waals surface area contributed by atoms with Gasteiger partial charge in [-0.1, -0.05) is 18.2 Å². The highest BCUT2D eigenvalue weighted by molar-refractivity contribution is 7.93. The van der Waals surface area contributed by atoms with Gasteiger partial charge in [-0.05, 0) is 12.1 Å². The lowest BCUT2D eigenvalue weighted by Crippen LogP contribution is -2.06. The summed E-state index contributed by atoms with van der Waals surface area (Å²) in [5.41, 5.74) is 0. The SMILES string of the molecule is O=[C]OC[CH]S(=O)(=O)c1ccccc1. The number of hydrogen-bond donors (Lipinski definition) is 0. The zero-order chi connectivity index (χ0) is 10.4. The van der Waals surface area contributed by atoms with Crippen molar-refractivity contribution in [2.45, 2.75) is 4.90 Å². The van der Waals surface area contributed by atoms with Crippen molar-refractivity contribution in [2.75, 3.05) is 6.61 Å². The zero-order valence-corrected chi connectivity index (χ0v) is 8.03. The molecule has 5 heteroatoms. The Morgan fingerprint density at radius 3 is 2.50 bits per heavy atom. The van der Waals surface area contributed by atoms with Crippen molar-refractivity contribution in [1.29, 1.82) is 0 Å². The minimum absolute atomic E-state index is 0.175.